The fraction of sp³-hybridized carbons (Fsp3) is 0.611. The molecule has 0 saturated carbocycles. The van der Waals surface area contributed by atoms with Crippen LogP contribution < -0.4 is 4.74 Å². The second-order valence-electron chi connectivity index (χ2n) is 6.36. The van der Waals surface area contributed by atoms with Gasteiger partial charge in [0.2, 0.25) is 0 Å². The van der Waals surface area contributed by atoms with Gasteiger partial charge in [-0.05, 0) is 57.1 Å². The number of amides is 2. The highest BCUT2D eigenvalue weighted by Crippen LogP contribution is 2.29. The zero-order valence-electron chi connectivity index (χ0n) is 14.8. The Morgan fingerprint density at radius 2 is 2.00 bits per heavy atom. The van der Waals surface area contributed by atoms with Gasteiger partial charge < -0.3 is 14.5 Å². The third-order valence-electron chi connectivity index (χ3n) is 4.61. The van der Waals surface area contributed by atoms with E-state index in [1.165, 1.54) is 6.42 Å². The molecule has 2 atom stereocenters. The molecule has 0 N–H and O–H groups in total. The molecule has 1 aromatic rings. The predicted molar refractivity (Wildman–Crippen MR) is 96.3 cm³/mol. The summed E-state index contributed by atoms with van der Waals surface area (Å²) >= 11 is 1.66. The fourth-order valence-corrected chi connectivity index (χ4v) is 3.86. The lowest BCUT2D eigenvalue weighted by Crippen LogP contribution is -2.52. The Hall–Kier alpha value is -1.36. The average Bonchev–Trinajstić information content (AvgIpc) is 2.54. The molecule has 2 rings (SSSR count). The number of thioether (sulfide) groups is 1. The third-order valence-corrected chi connectivity index (χ3v) is 5.39. The quantitative estimate of drug-likeness (QED) is 0.771. The number of carbonyl (C=O) groups is 1. The lowest BCUT2D eigenvalue weighted by atomic mass is 9.98. The molecule has 0 radical (unpaired) electrons. The number of rotatable bonds is 4. The van der Waals surface area contributed by atoms with Crippen LogP contribution in [0.1, 0.15) is 38.7 Å². The Kier molecular flexibility index (Phi) is 6.22. The van der Waals surface area contributed by atoms with Gasteiger partial charge in [-0.3, -0.25) is 0 Å². The van der Waals surface area contributed by atoms with Crippen molar-refractivity contribution >= 4 is 17.8 Å². The number of methoxy groups -OCH3 is 1. The minimum atomic E-state index is 0.123. The van der Waals surface area contributed by atoms with Gasteiger partial charge in [-0.2, -0.15) is 0 Å². The summed E-state index contributed by atoms with van der Waals surface area (Å²) in [6.45, 7) is 4.90. The molecular weight excluding hydrogens is 308 g/mol. The molecule has 1 aromatic carbocycles. The van der Waals surface area contributed by atoms with Crippen molar-refractivity contribution in [2.45, 2.75) is 56.6 Å². The maximum atomic E-state index is 12.8. The molecule has 0 aromatic heterocycles. The monoisotopic (exact) mass is 336 g/mol. The molecule has 0 spiro atoms. The lowest BCUT2D eigenvalue weighted by molar-refractivity contribution is 0.0968. The smallest absolute Gasteiger partial charge is 0.320 e. The van der Waals surface area contributed by atoms with Gasteiger partial charge in [-0.25, -0.2) is 4.79 Å². The summed E-state index contributed by atoms with van der Waals surface area (Å²) in [6.07, 6.45) is 5.44. The van der Waals surface area contributed by atoms with Crippen molar-refractivity contribution in [2.75, 3.05) is 20.4 Å². The zero-order valence-corrected chi connectivity index (χ0v) is 15.7. The number of urea groups is 1. The van der Waals surface area contributed by atoms with E-state index in [1.54, 1.807) is 18.9 Å². The number of benzene rings is 1. The summed E-state index contributed by atoms with van der Waals surface area (Å²) in [5, 5.41) is 0. The molecule has 0 bridgehead atoms. The van der Waals surface area contributed by atoms with Crippen LogP contribution in [-0.2, 0) is 6.54 Å². The number of piperidine rings is 1. The predicted octanol–water partition coefficient (Wildman–Crippen LogP) is 4.23. The van der Waals surface area contributed by atoms with Crippen LogP contribution in [0.15, 0.2) is 23.1 Å². The van der Waals surface area contributed by atoms with Gasteiger partial charge in [0.05, 0.1) is 7.11 Å². The van der Waals surface area contributed by atoms with E-state index < -0.39 is 0 Å². The van der Waals surface area contributed by atoms with Gasteiger partial charge in [0, 0.05) is 30.6 Å². The Bertz CT molecular complexity index is 540. The number of hydrogen-bond donors (Lipinski definition) is 0. The number of carbonyl (C=O) groups excluding carboxylic acids is 1. The number of likely N-dealkylation sites (tertiary alicyclic amines) is 1. The highest BCUT2D eigenvalue weighted by Gasteiger charge is 2.30. The van der Waals surface area contributed by atoms with E-state index in [1.807, 2.05) is 29.2 Å². The van der Waals surface area contributed by atoms with Crippen molar-refractivity contribution in [1.82, 2.24) is 9.80 Å². The second-order valence-corrected chi connectivity index (χ2v) is 7.21. The lowest BCUT2D eigenvalue weighted by Gasteiger charge is -2.41. The molecule has 1 fully saturated rings. The third kappa shape index (κ3) is 4.14. The number of hydrogen-bond acceptors (Lipinski definition) is 3. The summed E-state index contributed by atoms with van der Waals surface area (Å²) in [5.74, 6) is 0.871. The minimum absolute atomic E-state index is 0.123. The van der Waals surface area contributed by atoms with Crippen LogP contribution >= 0.6 is 11.8 Å². The second kappa shape index (κ2) is 7.95. The average molecular weight is 337 g/mol. The van der Waals surface area contributed by atoms with Crippen molar-refractivity contribution in [2.24, 2.45) is 0 Å². The van der Waals surface area contributed by atoms with Gasteiger partial charge in [-0.1, -0.05) is 6.07 Å². The van der Waals surface area contributed by atoms with Crippen LogP contribution in [-0.4, -0.2) is 48.3 Å². The molecule has 0 aliphatic carbocycles. The SMILES string of the molecule is COc1cc(CN(C)C(=O)N2C(C)CCCC2C)ccc1SC. The van der Waals surface area contributed by atoms with E-state index >= 15 is 0 Å². The normalized spacial score (nSPS) is 21.2. The van der Waals surface area contributed by atoms with Crippen LogP contribution in [0.4, 0.5) is 4.79 Å². The summed E-state index contributed by atoms with van der Waals surface area (Å²) in [4.78, 5) is 17.8. The molecule has 4 nitrogen and oxygen atoms in total. The Labute approximate surface area is 144 Å². The van der Waals surface area contributed by atoms with Gasteiger partial charge in [-0.15, -0.1) is 11.8 Å². The maximum absolute atomic E-state index is 12.8. The Morgan fingerprint density at radius 3 is 2.57 bits per heavy atom. The van der Waals surface area contributed by atoms with E-state index in [0.29, 0.717) is 18.6 Å². The van der Waals surface area contributed by atoms with Gasteiger partial charge in [0.15, 0.2) is 0 Å². The van der Waals surface area contributed by atoms with Crippen LogP contribution in [0.5, 0.6) is 5.75 Å². The molecular formula is C18H28N2O2S. The summed E-state index contributed by atoms with van der Waals surface area (Å²) in [5.41, 5.74) is 1.09. The van der Waals surface area contributed by atoms with E-state index in [9.17, 15) is 4.79 Å². The summed E-state index contributed by atoms with van der Waals surface area (Å²) in [6, 6.07) is 6.92. The van der Waals surface area contributed by atoms with E-state index in [0.717, 1.165) is 29.1 Å². The summed E-state index contributed by atoms with van der Waals surface area (Å²) in [7, 11) is 3.57. The molecule has 2 unspecified atom stereocenters. The molecule has 1 heterocycles. The fourth-order valence-electron chi connectivity index (χ4n) is 3.32. The first kappa shape index (κ1) is 18.0. The molecule has 1 aliphatic heterocycles. The van der Waals surface area contributed by atoms with Crippen LogP contribution in [0.3, 0.4) is 0 Å². The van der Waals surface area contributed by atoms with Gasteiger partial charge in [0.1, 0.15) is 5.75 Å². The highest BCUT2D eigenvalue weighted by molar-refractivity contribution is 7.98. The number of nitrogens with zero attached hydrogens (tertiary/aromatic N) is 2. The van der Waals surface area contributed by atoms with E-state index in [-0.39, 0.29) is 6.03 Å². The highest BCUT2D eigenvalue weighted by atomic mass is 32.2. The van der Waals surface area contributed by atoms with Crippen molar-refractivity contribution in [3.05, 3.63) is 23.8 Å². The summed E-state index contributed by atoms with van der Waals surface area (Å²) < 4.78 is 5.43. The molecule has 5 heteroatoms. The van der Waals surface area contributed by atoms with Crippen molar-refractivity contribution in [3.8, 4) is 5.75 Å². The standard InChI is InChI=1S/C18H28N2O2S/c1-13-7-6-8-14(2)20(13)18(21)19(3)12-15-9-10-17(23-5)16(11-15)22-4/h9-11,13-14H,6-8,12H2,1-5H3. The topological polar surface area (TPSA) is 32.8 Å². The van der Waals surface area contributed by atoms with Gasteiger partial charge in [0.25, 0.3) is 0 Å². The van der Waals surface area contributed by atoms with Gasteiger partial charge >= 0.3 is 6.03 Å². The largest absolute Gasteiger partial charge is 0.496 e. The first-order valence-electron chi connectivity index (χ1n) is 8.22. The maximum Gasteiger partial charge on any atom is 0.320 e. The van der Waals surface area contributed by atoms with Crippen molar-refractivity contribution in [3.63, 3.8) is 0 Å². The van der Waals surface area contributed by atoms with E-state index in [2.05, 4.69) is 26.0 Å². The Balaban J connectivity index is 2.08. The van der Waals surface area contributed by atoms with Crippen molar-refractivity contribution in [1.29, 1.82) is 0 Å². The van der Waals surface area contributed by atoms with Crippen LogP contribution in [0.25, 0.3) is 0 Å². The zero-order chi connectivity index (χ0) is 17.0. The first-order chi connectivity index (χ1) is 11.0. The molecule has 128 valence electrons. The van der Waals surface area contributed by atoms with Crippen LogP contribution in [0, 0.1) is 0 Å². The number of ether oxygens (including phenoxy) is 1. The van der Waals surface area contributed by atoms with Crippen LogP contribution in [0.2, 0.25) is 0 Å². The molecule has 23 heavy (non-hydrogen) atoms. The molecule has 1 aliphatic rings. The molecule has 1 saturated heterocycles. The van der Waals surface area contributed by atoms with Crippen molar-refractivity contribution < 1.29 is 9.53 Å². The van der Waals surface area contributed by atoms with E-state index in [4.69, 9.17) is 4.74 Å². The Morgan fingerprint density at radius 1 is 1.35 bits per heavy atom. The minimum Gasteiger partial charge on any atom is -0.496 e. The molecule has 2 amide bonds. The first-order valence-corrected chi connectivity index (χ1v) is 9.44.